The zero-order valence-electron chi connectivity index (χ0n) is 9.53. The zero-order chi connectivity index (χ0) is 13.3. The van der Waals surface area contributed by atoms with Crippen LogP contribution in [0, 0.1) is 17.6 Å². The number of likely N-dealkylation sites (tertiary alicyclic amines) is 1. The van der Waals surface area contributed by atoms with Gasteiger partial charge in [-0.3, -0.25) is 9.59 Å². The molecule has 2 N–H and O–H groups in total. The van der Waals surface area contributed by atoms with E-state index in [4.69, 9.17) is 5.73 Å². The highest BCUT2D eigenvalue weighted by molar-refractivity contribution is 5.88. The number of amides is 2. The maximum Gasteiger partial charge on any atom is 0.223 e. The summed E-state index contributed by atoms with van der Waals surface area (Å²) in [5.74, 6) is -2.52. The molecule has 1 aliphatic heterocycles. The Kier molecular flexibility index (Phi) is 3.27. The standard InChI is InChI=1S/C12H12F2N2O2/c13-9-1-2-10(14)7(3-9)5-16-6-8(12(15)18)4-11(16)17/h1-3,8H,4-6H2,(H2,15,18). The molecule has 0 bridgehead atoms. The predicted molar refractivity (Wildman–Crippen MR) is 59.1 cm³/mol. The first-order valence-electron chi connectivity index (χ1n) is 5.48. The fraction of sp³-hybridized carbons (Fsp3) is 0.333. The number of hydrogen-bond acceptors (Lipinski definition) is 2. The smallest absolute Gasteiger partial charge is 0.223 e. The van der Waals surface area contributed by atoms with Gasteiger partial charge in [0.2, 0.25) is 11.8 Å². The summed E-state index contributed by atoms with van der Waals surface area (Å²) in [7, 11) is 0. The average Bonchev–Trinajstić information content (AvgIpc) is 2.66. The molecule has 0 aromatic heterocycles. The van der Waals surface area contributed by atoms with Crippen LogP contribution in [0.15, 0.2) is 18.2 Å². The van der Waals surface area contributed by atoms with Gasteiger partial charge in [-0.1, -0.05) is 0 Å². The number of halogens is 2. The second-order valence-corrected chi connectivity index (χ2v) is 4.31. The van der Waals surface area contributed by atoms with Crippen LogP contribution in [-0.2, 0) is 16.1 Å². The van der Waals surface area contributed by atoms with Gasteiger partial charge in [-0.05, 0) is 18.2 Å². The Bertz CT molecular complexity index is 505. The fourth-order valence-electron chi connectivity index (χ4n) is 1.99. The highest BCUT2D eigenvalue weighted by Crippen LogP contribution is 2.21. The summed E-state index contributed by atoms with van der Waals surface area (Å²) in [4.78, 5) is 23.9. The predicted octanol–water partition coefficient (Wildman–Crippen LogP) is 0.799. The van der Waals surface area contributed by atoms with E-state index in [-0.39, 0.29) is 31.0 Å². The Balaban J connectivity index is 2.12. The van der Waals surface area contributed by atoms with Gasteiger partial charge < -0.3 is 10.6 Å². The molecule has 1 aliphatic rings. The lowest BCUT2D eigenvalue weighted by atomic mass is 10.1. The highest BCUT2D eigenvalue weighted by atomic mass is 19.1. The largest absolute Gasteiger partial charge is 0.369 e. The lowest BCUT2D eigenvalue weighted by molar-refractivity contribution is -0.128. The van der Waals surface area contributed by atoms with Crippen molar-refractivity contribution in [2.24, 2.45) is 11.7 Å². The van der Waals surface area contributed by atoms with Crippen molar-refractivity contribution in [3.05, 3.63) is 35.4 Å². The molecule has 1 fully saturated rings. The van der Waals surface area contributed by atoms with E-state index in [0.717, 1.165) is 18.2 Å². The van der Waals surface area contributed by atoms with E-state index in [2.05, 4.69) is 0 Å². The summed E-state index contributed by atoms with van der Waals surface area (Å²) in [6.07, 6.45) is 0.0340. The summed E-state index contributed by atoms with van der Waals surface area (Å²) in [6, 6.07) is 3.06. The summed E-state index contributed by atoms with van der Waals surface area (Å²) >= 11 is 0. The molecule has 1 heterocycles. The number of rotatable bonds is 3. The van der Waals surface area contributed by atoms with Crippen molar-refractivity contribution in [3.63, 3.8) is 0 Å². The van der Waals surface area contributed by atoms with Crippen molar-refractivity contribution in [2.45, 2.75) is 13.0 Å². The number of hydrogen-bond donors (Lipinski definition) is 1. The average molecular weight is 254 g/mol. The van der Waals surface area contributed by atoms with Crippen molar-refractivity contribution in [3.8, 4) is 0 Å². The van der Waals surface area contributed by atoms with Gasteiger partial charge in [0.1, 0.15) is 11.6 Å². The van der Waals surface area contributed by atoms with Gasteiger partial charge in [-0.25, -0.2) is 8.78 Å². The van der Waals surface area contributed by atoms with Gasteiger partial charge in [0.15, 0.2) is 0 Å². The molecule has 1 unspecified atom stereocenters. The van der Waals surface area contributed by atoms with Crippen LogP contribution >= 0.6 is 0 Å². The molecular formula is C12H12F2N2O2. The maximum absolute atomic E-state index is 13.4. The monoisotopic (exact) mass is 254 g/mol. The summed E-state index contributed by atoms with van der Waals surface area (Å²) in [5.41, 5.74) is 5.21. The SMILES string of the molecule is NC(=O)C1CC(=O)N(Cc2cc(F)ccc2F)C1. The van der Waals surface area contributed by atoms with Crippen LogP contribution in [0.4, 0.5) is 8.78 Å². The third kappa shape index (κ3) is 2.47. The van der Waals surface area contributed by atoms with Gasteiger partial charge >= 0.3 is 0 Å². The van der Waals surface area contributed by atoms with Crippen molar-refractivity contribution < 1.29 is 18.4 Å². The Morgan fingerprint density at radius 2 is 2.17 bits per heavy atom. The van der Waals surface area contributed by atoms with E-state index >= 15 is 0 Å². The van der Waals surface area contributed by atoms with Gasteiger partial charge in [0, 0.05) is 25.1 Å². The third-order valence-corrected chi connectivity index (χ3v) is 2.99. The molecular weight excluding hydrogens is 242 g/mol. The Hall–Kier alpha value is -1.98. The summed E-state index contributed by atoms with van der Waals surface area (Å²) < 4.78 is 26.4. The van der Waals surface area contributed by atoms with E-state index in [1.807, 2.05) is 0 Å². The van der Waals surface area contributed by atoms with Crippen LogP contribution in [0.5, 0.6) is 0 Å². The third-order valence-electron chi connectivity index (χ3n) is 2.99. The molecule has 2 amide bonds. The topological polar surface area (TPSA) is 63.4 Å². The Morgan fingerprint density at radius 3 is 2.78 bits per heavy atom. The normalized spacial score (nSPS) is 19.3. The molecule has 6 heteroatoms. The number of nitrogens with two attached hydrogens (primary N) is 1. The molecule has 96 valence electrons. The van der Waals surface area contributed by atoms with Crippen LogP contribution in [0.2, 0.25) is 0 Å². The first-order chi connectivity index (χ1) is 8.47. The number of primary amides is 1. The second kappa shape index (κ2) is 4.72. The minimum atomic E-state index is -0.577. The van der Waals surface area contributed by atoms with Crippen LogP contribution < -0.4 is 5.73 Å². The molecule has 0 spiro atoms. The molecule has 1 aromatic carbocycles. The van der Waals surface area contributed by atoms with Crippen LogP contribution in [0.1, 0.15) is 12.0 Å². The summed E-state index contributed by atoms with van der Waals surface area (Å²) in [5, 5.41) is 0. The van der Waals surface area contributed by atoms with Gasteiger partial charge in [0.05, 0.1) is 5.92 Å². The molecule has 0 saturated carbocycles. The lowest BCUT2D eigenvalue weighted by Crippen LogP contribution is -2.28. The Morgan fingerprint density at radius 1 is 1.44 bits per heavy atom. The number of benzene rings is 1. The minimum Gasteiger partial charge on any atom is -0.369 e. The Labute approximate surface area is 102 Å². The highest BCUT2D eigenvalue weighted by Gasteiger charge is 2.33. The summed E-state index contributed by atoms with van der Waals surface area (Å²) in [6.45, 7) is 0.107. The van der Waals surface area contributed by atoms with Crippen LogP contribution in [0.25, 0.3) is 0 Å². The van der Waals surface area contributed by atoms with Gasteiger partial charge in [0.25, 0.3) is 0 Å². The molecule has 0 aliphatic carbocycles. The molecule has 4 nitrogen and oxygen atoms in total. The molecule has 2 rings (SSSR count). The number of nitrogens with zero attached hydrogens (tertiary/aromatic N) is 1. The van der Waals surface area contributed by atoms with E-state index in [9.17, 15) is 18.4 Å². The fourth-order valence-corrected chi connectivity index (χ4v) is 1.99. The second-order valence-electron chi connectivity index (χ2n) is 4.31. The maximum atomic E-state index is 13.4. The van der Waals surface area contributed by atoms with Crippen molar-refractivity contribution >= 4 is 11.8 Å². The number of carbonyl (C=O) groups is 2. The molecule has 1 aromatic rings. The van der Waals surface area contributed by atoms with E-state index in [1.165, 1.54) is 4.90 Å². The number of carbonyl (C=O) groups excluding carboxylic acids is 2. The molecule has 0 radical (unpaired) electrons. The van der Waals surface area contributed by atoms with Gasteiger partial charge in [-0.2, -0.15) is 0 Å². The van der Waals surface area contributed by atoms with Crippen molar-refractivity contribution in [2.75, 3.05) is 6.54 Å². The van der Waals surface area contributed by atoms with Crippen LogP contribution in [-0.4, -0.2) is 23.3 Å². The minimum absolute atomic E-state index is 0.0340. The van der Waals surface area contributed by atoms with E-state index < -0.39 is 23.5 Å². The van der Waals surface area contributed by atoms with Crippen molar-refractivity contribution in [1.29, 1.82) is 0 Å². The first kappa shape index (κ1) is 12.5. The lowest BCUT2D eigenvalue weighted by Gasteiger charge is -2.16. The van der Waals surface area contributed by atoms with Crippen molar-refractivity contribution in [1.82, 2.24) is 4.90 Å². The van der Waals surface area contributed by atoms with Crippen LogP contribution in [0.3, 0.4) is 0 Å². The van der Waals surface area contributed by atoms with E-state index in [1.54, 1.807) is 0 Å². The molecule has 18 heavy (non-hydrogen) atoms. The molecule has 1 saturated heterocycles. The zero-order valence-corrected chi connectivity index (χ0v) is 9.53. The quantitative estimate of drug-likeness (QED) is 0.867. The van der Waals surface area contributed by atoms with E-state index in [0.29, 0.717) is 0 Å². The first-order valence-corrected chi connectivity index (χ1v) is 5.48. The molecule has 1 atom stereocenters. The van der Waals surface area contributed by atoms with Gasteiger partial charge in [-0.15, -0.1) is 0 Å².